The molecular formula is C57H38N4O. The first-order valence-corrected chi connectivity index (χ1v) is 21.1. The highest BCUT2D eigenvalue weighted by Crippen LogP contribution is 2.55. The molecule has 5 heteroatoms. The first-order valence-electron chi connectivity index (χ1n) is 21.1. The second kappa shape index (κ2) is 14.8. The first-order chi connectivity index (χ1) is 30.7. The molecule has 0 saturated heterocycles. The van der Waals surface area contributed by atoms with E-state index in [0.717, 1.165) is 67.2 Å². The monoisotopic (exact) mass is 794 g/mol. The minimum Gasteiger partial charge on any atom is -0.484 e. The summed E-state index contributed by atoms with van der Waals surface area (Å²) in [7, 11) is 0. The van der Waals surface area contributed by atoms with Crippen molar-refractivity contribution in [2.45, 2.75) is 12.0 Å². The van der Waals surface area contributed by atoms with E-state index in [2.05, 4.69) is 211 Å². The third-order valence-corrected chi connectivity index (χ3v) is 12.2. The highest BCUT2D eigenvalue weighted by molar-refractivity contribution is 5.92. The number of aromatic nitrogens is 4. The summed E-state index contributed by atoms with van der Waals surface area (Å²) in [5.74, 6) is 2.60. The third-order valence-electron chi connectivity index (χ3n) is 12.2. The highest BCUT2D eigenvalue weighted by Gasteiger charge is 2.41. The molecule has 0 bridgehead atoms. The van der Waals surface area contributed by atoms with Crippen LogP contribution in [0.1, 0.15) is 28.8 Å². The van der Waals surface area contributed by atoms with E-state index >= 15 is 0 Å². The molecule has 0 radical (unpaired) electrons. The van der Waals surface area contributed by atoms with Gasteiger partial charge in [-0.1, -0.05) is 182 Å². The maximum Gasteiger partial charge on any atom is 0.167 e. The van der Waals surface area contributed by atoms with Crippen molar-refractivity contribution in [3.8, 4) is 79.0 Å². The van der Waals surface area contributed by atoms with E-state index in [0.29, 0.717) is 17.5 Å². The summed E-state index contributed by atoms with van der Waals surface area (Å²) in [6.07, 6.45) is 4.37. The van der Waals surface area contributed by atoms with Crippen LogP contribution in [0.5, 0.6) is 5.75 Å². The van der Waals surface area contributed by atoms with Crippen LogP contribution in [0, 0.1) is 0 Å². The zero-order chi connectivity index (χ0) is 41.0. The van der Waals surface area contributed by atoms with Crippen LogP contribution in [0.4, 0.5) is 0 Å². The Morgan fingerprint density at radius 2 is 0.952 bits per heavy atom. The molecule has 2 aliphatic rings. The third kappa shape index (κ3) is 6.13. The van der Waals surface area contributed by atoms with Crippen molar-refractivity contribution in [1.29, 1.82) is 0 Å². The van der Waals surface area contributed by atoms with Crippen molar-refractivity contribution in [3.63, 3.8) is 0 Å². The quantitative estimate of drug-likeness (QED) is 0.161. The number of hydrogen-bond acceptors (Lipinski definition) is 4. The largest absolute Gasteiger partial charge is 0.484 e. The summed E-state index contributed by atoms with van der Waals surface area (Å²) in [5, 5.41) is 1.18. The van der Waals surface area contributed by atoms with Crippen LogP contribution in [-0.4, -0.2) is 19.5 Å². The molecule has 0 N–H and O–H groups in total. The molecule has 1 aliphatic carbocycles. The average Bonchev–Trinajstić information content (AvgIpc) is 3.91. The highest BCUT2D eigenvalue weighted by atomic mass is 16.5. The van der Waals surface area contributed by atoms with Crippen LogP contribution >= 0.6 is 0 Å². The Bertz CT molecular complexity index is 3320. The van der Waals surface area contributed by atoms with Crippen molar-refractivity contribution in [2.24, 2.45) is 0 Å². The number of nitrogens with zero attached hydrogens (tertiary/aromatic N) is 4. The fourth-order valence-electron chi connectivity index (χ4n) is 9.27. The minimum atomic E-state index is -0.233. The van der Waals surface area contributed by atoms with Gasteiger partial charge in [0.15, 0.2) is 17.5 Å². The average molecular weight is 795 g/mol. The first kappa shape index (κ1) is 35.8. The lowest BCUT2D eigenvalue weighted by Crippen LogP contribution is -2.13. The van der Waals surface area contributed by atoms with Gasteiger partial charge in [0.1, 0.15) is 11.9 Å². The Morgan fingerprint density at radius 3 is 1.68 bits per heavy atom. The molecule has 2 unspecified atom stereocenters. The van der Waals surface area contributed by atoms with Gasteiger partial charge >= 0.3 is 0 Å². The number of para-hydroxylation sites is 2. The second-order valence-corrected chi connectivity index (χ2v) is 15.9. The number of ether oxygens (including phenoxy) is 1. The van der Waals surface area contributed by atoms with Gasteiger partial charge in [-0.2, -0.15) is 0 Å². The second-order valence-electron chi connectivity index (χ2n) is 15.9. The number of fused-ring (bicyclic) bond motifs is 7. The molecule has 292 valence electrons. The van der Waals surface area contributed by atoms with Crippen molar-refractivity contribution < 1.29 is 4.74 Å². The number of hydrogen-bond donors (Lipinski definition) is 0. The molecule has 2 aromatic heterocycles. The molecule has 12 rings (SSSR count). The van der Waals surface area contributed by atoms with Crippen LogP contribution < -0.4 is 4.74 Å². The van der Waals surface area contributed by atoms with E-state index in [1.54, 1.807) is 0 Å². The molecule has 0 amide bonds. The summed E-state index contributed by atoms with van der Waals surface area (Å²) in [4.78, 5) is 15.6. The minimum absolute atomic E-state index is 0.0150. The molecule has 5 nitrogen and oxygen atoms in total. The van der Waals surface area contributed by atoms with Crippen molar-refractivity contribution in [2.75, 3.05) is 0 Å². The van der Waals surface area contributed by atoms with Gasteiger partial charge in [0.25, 0.3) is 0 Å². The Hall–Kier alpha value is -8.15. The fraction of sp³-hybridized carbons (Fsp3) is 0.0351. The fourth-order valence-corrected chi connectivity index (χ4v) is 9.27. The van der Waals surface area contributed by atoms with Crippen LogP contribution in [0.25, 0.3) is 90.2 Å². The van der Waals surface area contributed by atoms with Gasteiger partial charge in [0.2, 0.25) is 0 Å². The van der Waals surface area contributed by atoms with Gasteiger partial charge in [-0.15, -0.1) is 0 Å². The lowest BCUT2D eigenvalue weighted by atomic mass is 9.85. The zero-order valence-corrected chi connectivity index (χ0v) is 33.6. The Kier molecular flexibility index (Phi) is 8.56. The standard InChI is InChI=1S/C57H38N4O/c1-4-15-37(16-5-1)40-29-31-41(32-30-40)55-58-56(44-23-12-21-42(35-44)38-17-6-2-7-18-38)60-57(59-55)49-27-14-26-46-47-33-34-51-52(54(47)62-53(46)49)48-25-10-11-28-50(48)61(51)45-24-13-22-43(36-45)39-19-8-3-9-20-39/h1-36,47,54H. The Morgan fingerprint density at radius 1 is 0.419 bits per heavy atom. The number of benzene rings is 8. The molecule has 0 saturated carbocycles. The van der Waals surface area contributed by atoms with Crippen LogP contribution in [0.2, 0.25) is 0 Å². The summed E-state index contributed by atoms with van der Waals surface area (Å²) in [5.41, 5.74) is 15.3. The maximum absolute atomic E-state index is 7.24. The topological polar surface area (TPSA) is 52.8 Å². The van der Waals surface area contributed by atoms with Gasteiger partial charge in [-0.3, -0.25) is 0 Å². The van der Waals surface area contributed by atoms with E-state index < -0.39 is 0 Å². The molecule has 2 atom stereocenters. The van der Waals surface area contributed by atoms with Crippen molar-refractivity contribution in [1.82, 2.24) is 19.5 Å². The van der Waals surface area contributed by atoms with E-state index in [1.165, 1.54) is 22.1 Å². The zero-order valence-electron chi connectivity index (χ0n) is 33.6. The van der Waals surface area contributed by atoms with Crippen LogP contribution in [0.3, 0.4) is 0 Å². The van der Waals surface area contributed by atoms with Gasteiger partial charge in [-0.05, 0) is 69.8 Å². The predicted octanol–water partition coefficient (Wildman–Crippen LogP) is 14.1. The summed E-state index contributed by atoms with van der Waals surface area (Å²) in [6, 6.07) is 72.2. The number of rotatable bonds is 7. The maximum atomic E-state index is 7.24. The van der Waals surface area contributed by atoms with Crippen molar-refractivity contribution >= 4 is 17.0 Å². The Balaban J connectivity index is 0.977. The van der Waals surface area contributed by atoms with Crippen LogP contribution in [0.15, 0.2) is 212 Å². The van der Waals surface area contributed by atoms with Gasteiger partial charge in [-0.25, -0.2) is 15.0 Å². The van der Waals surface area contributed by atoms with E-state index in [9.17, 15) is 0 Å². The smallest absolute Gasteiger partial charge is 0.167 e. The molecule has 8 aromatic carbocycles. The van der Waals surface area contributed by atoms with Gasteiger partial charge < -0.3 is 9.30 Å². The lowest BCUT2D eigenvalue weighted by molar-refractivity contribution is 0.225. The molecule has 62 heavy (non-hydrogen) atoms. The summed E-state index contributed by atoms with van der Waals surface area (Å²) >= 11 is 0. The van der Waals surface area contributed by atoms with Crippen LogP contribution in [-0.2, 0) is 0 Å². The molecular weight excluding hydrogens is 757 g/mol. The predicted molar refractivity (Wildman–Crippen MR) is 251 cm³/mol. The molecule has 1 aliphatic heterocycles. The summed E-state index contributed by atoms with van der Waals surface area (Å²) in [6.45, 7) is 0. The molecule has 3 heterocycles. The molecule has 10 aromatic rings. The van der Waals surface area contributed by atoms with E-state index in [-0.39, 0.29) is 12.0 Å². The molecule has 0 fully saturated rings. The van der Waals surface area contributed by atoms with Gasteiger partial charge in [0.05, 0.1) is 16.8 Å². The summed E-state index contributed by atoms with van der Waals surface area (Å²) < 4.78 is 9.62. The van der Waals surface area contributed by atoms with Crippen molar-refractivity contribution in [3.05, 3.63) is 229 Å². The Labute approximate surface area is 360 Å². The molecule has 0 spiro atoms. The lowest BCUT2D eigenvalue weighted by Gasteiger charge is -2.22. The van der Waals surface area contributed by atoms with E-state index in [1.807, 2.05) is 12.1 Å². The SMILES string of the molecule is C1=CC2c3cccc(-c4nc(-c5ccc(-c6ccccc6)cc5)nc(-c5cccc(-c6ccccc6)c5)n4)c3OC2c2c1n(-c1cccc(-c3ccccc3)c1)c1ccccc21. The normalized spacial score (nSPS) is 14.8. The van der Waals surface area contributed by atoms with E-state index in [4.69, 9.17) is 19.7 Å². The van der Waals surface area contributed by atoms with Gasteiger partial charge in [0, 0.05) is 39.2 Å².